The van der Waals surface area contributed by atoms with Crippen LogP contribution < -0.4 is 0 Å². The average molecular weight is 255 g/mol. The maximum atomic E-state index is 10.3. The lowest BCUT2D eigenvalue weighted by atomic mass is 9.77. The zero-order valence-electron chi connectivity index (χ0n) is 12.1. The van der Waals surface area contributed by atoms with Crippen LogP contribution in [0.15, 0.2) is 0 Å². The number of hydrogen-bond acceptors (Lipinski definition) is 3. The molecule has 106 valence electrons. The summed E-state index contributed by atoms with van der Waals surface area (Å²) in [7, 11) is 2.15. The van der Waals surface area contributed by atoms with Gasteiger partial charge in [0.2, 0.25) is 0 Å². The van der Waals surface area contributed by atoms with E-state index in [1.807, 2.05) is 0 Å². The van der Waals surface area contributed by atoms with Gasteiger partial charge >= 0.3 is 0 Å². The van der Waals surface area contributed by atoms with Crippen LogP contribution in [-0.4, -0.2) is 48.5 Å². The lowest BCUT2D eigenvalue weighted by molar-refractivity contribution is -0.0517. The van der Waals surface area contributed by atoms with E-state index in [1.165, 1.54) is 25.7 Å². The molecule has 5 atom stereocenters. The maximum absolute atomic E-state index is 10.3. The van der Waals surface area contributed by atoms with Crippen molar-refractivity contribution < 1.29 is 9.84 Å². The Labute approximate surface area is 112 Å². The van der Waals surface area contributed by atoms with Crippen LogP contribution in [0.2, 0.25) is 0 Å². The largest absolute Gasteiger partial charge is 0.391 e. The van der Waals surface area contributed by atoms with E-state index < -0.39 is 0 Å². The van der Waals surface area contributed by atoms with E-state index in [9.17, 15) is 5.11 Å². The number of likely N-dealkylation sites (N-methyl/N-ethyl adjacent to an activating group) is 1. The van der Waals surface area contributed by atoms with Crippen LogP contribution in [0.1, 0.15) is 46.0 Å². The fraction of sp³-hybridized carbons (Fsp3) is 1.00. The van der Waals surface area contributed by atoms with Crippen molar-refractivity contribution >= 4 is 0 Å². The predicted molar refractivity (Wildman–Crippen MR) is 73.6 cm³/mol. The molecule has 1 aliphatic heterocycles. The molecule has 1 aliphatic carbocycles. The van der Waals surface area contributed by atoms with Gasteiger partial charge in [-0.25, -0.2) is 0 Å². The van der Waals surface area contributed by atoms with Crippen molar-refractivity contribution in [3.63, 3.8) is 0 Å². The van der Waals surface area contributed by atoms with E-state index >= 15 is 0 Å². The normalized spacial score (nSPS) is 42.2. The molecule has 1 saturated heterocycles. The maximum Gasteiger partial charge on any atom is 0.0702 e. The van der Waals surface area contributed by atoms with Gasteiger partial charge in [0.1, 0.15) is 0 Å². The quantitative estimate of drug-likeness (QED) is 0.840. The minimum Gasteiger partial charge on any atom is -0.391 e. The molecule has 0 aromatic heterocycles. The van der Waals surface area contributed by atoms with Crippen LogP contribution in [-0.2, 0) is 4.74 Å². The Kier molecular flexibility index (Phi) is 5.05. The van der Waals surface area contributed by atoms with E-state index in [0.29, 0.717) is 24.0 Å². The monoisotopic (exact) mass is 255 g/mol. The van der Waals surface area contributed by atoms with Crippen molar-refractivity contribution in [2.75, 3.05) is 20.2 Å². The average Bonchev–Trinajstić information content (AvgIpc) is 2.28. The summed E-state index contributed by atoms with van der Waals surface area (Å²) in [5, 5.41) is 10.3. The van der Waals surface area contributed by atoms with Crippen LogP contribution in [0.25, 0.3) is 0 Å². The first-order valence-electron chi connectivity index (χ1n) is 7.58. The Morgan fingerprint density at radius 1 is 1.22 bits per heavy atom. The molecule has 0 aromatic rings. The molecule has 18 heavy (non-hydrogen) atoms. The second-order valence-electron chi connectivity index (χ2n) is 6.54. The molecular formula is C15H29NO2. The molecule has 0 spiro atoms. The van der Waals surface area contributed by atoms with E-state index in [-0.39, 0.29) is 6.10 Å². The van der Waals surface area contributed by atoms with Crippen molar-refractivity contribution in [1.29, 1.82) is 0 Å². The minimum atomic E-state index is -0.169. The van der Waals surface area contributed by atoms with Crippen molar-refractivity contribution in [1.82, 2.24) is 4.90 Å². The summed E-state index contributed by atoms with van der Waals surface area (Å²) in [5.41, 5.74) is 0. The molecule has 0 amide bonds. The second kappa shape index (κ2) is 6.36. The summed E-state index contributed by atoms with van der Waals surface area (Å²) in [6.07, 6.45) is 6.07. The Morgan fingerprint density at radius 3 is 2.61 bits per heavy atom. The van der Waals surface area contributed by atoms with Gasteiger partial charge in [0.05, 0.1) is 12.2 Å². The Hall–Kier alpha value is -0.120. The van der Waals surface area contributed by atoms with Gasteiger partial charge in [-0.05, 0) is 51.0 Å². The van der Waals surface area contributed by atoms with E-state index in [2.05, 4.69) is 25.8 Å². The zero-order chi connectivity index (χ0) is 13.1. The van der Waals surface area contributed by atoms with Gasteiger partial charge in [0.25, 0.3) is 0 Å². The Balaban J connectivity index is 1.88. The first-order valence-corrected chi connectivity index (χ1v) is 7.58. The van der Waals surface area contributed by atoms with Gasteiger partial charge in [0.15, 0.2) is 0 Å². The highest BCUT2D eigenvalue weighted by Gasteiger charge is 2.36. The lowest BCUT2D eigenvalue weighted by Gasteiger charge is -2.43. The number of nitrogens with zero attached hydrogens (tertiary/aromatic N) is 1. The smallest absolute Gasteiger partial charge is 0.0702 e. The molecule has 0 bridgehead atoms. The first-order chi connectivity index (χ1) is 8.58. The zero-order valence-corrected chi connectivity index (χ0v) is 12.1. The lowest BCUT2D eigenvalue weighted by Crippen LogP contribution is -2.52. The van der Waals surface area contributed by atoms with Crippen LogP contribution in [0.5, 0.6) is 0 Å². The van der Waals surface area contributed by atoms with Gasteiger partial charge in [-0.1, -0.05) is 13.8 Å². The summed E-state index contributed by atoms with van der Waals surface area (Å²) in [5.74, 6) is 1.24. The SMILES string of the molecule is CC1CC(C)C(N(C)CC2CCCCO2)C(O)C1. The number of hydrogen-bond donors (Lipinski definition) is 1. The van der Waals surface area contributed by atoms with Gasteiger partial charge < -0.3 is 9.84 Å². The fourth-order valence-electron chi connectivity index (χ4n) is 3.92. The molecule has 3 heteroatoms. The molecule has 3 nitrogen and oxygen atoms in total. The highest BCUT2D eigenvalue weighted by molar-refractivity contribution is 4.89. The molecule has 2 fully saturated rings. The van der Waals surface area contributed by atoms with Crippen LogP contribution in [0, 0.1) is 11.8 Å². The molecule has 1 saturated carbocycles. The summed E-state index contributed by atoms with van der Waals surface area (Å²) in [6, 6.07) is 0.312. The summed E-state index contributed by atoms with van der Waals surface area (Å²) < 4.78 is 5.81. The molecule has 5 unspecified atom stereocenters. The molecule has 2 aliphatic rings. The first kappa shape index (κ1) is 14.3. The molecule has 0 radical (unpaired) electrons. The van der Waals surface area contributed by atoms with Gasteiger partial charge in [-0.2, -0.15) is 0 Å². The van der Waals surface area contributed by atoms with Gasteiger partial charge in [-0.15, -0.1) is 0 Å². The van der Waals surface area contributed by atoms with Gasteiger partial charge in [0, 0.05) is 19.2 Å². The van der Waals surface area contributed by atoms with E-state index in [0.717, 1.165) is 19.6 Å². The summed E-state index contributed by atoms with van der Waals surface area (Å²) in [4.78, 5) is 2.34. The highest BCUT2D eigenvalue weighted by atomic mass is 16.5. The number of ether oxygens (including phenoxy) is 1. The van der Waals surface area contributed by atoms with Crippen LogP contribution >= 0.6 is 0 Å². The van der Waals surface area contributed by atoms with E-state index in [4.69, 9.17) is 4.74 Å². The van der Waals surface area contributed by atoms with E-state index in [1.54, 1.807) is 0 Å². The minimum absolute atomic E-state index is 0.169. The number of aliphatic hydroxyl groups is 1. The van der Waals surface area contributed by atoms with Crippen LogP contribution in [0.4, 0.5) is 0 Å². The molecule has 2 rings (SSSR count). The van der Waals surface area contributed by atoms with Crippen LogP contribution in [0.3, 0.4) is 0 Å². The third-order valence-electron chi connectivity index (χ3n) is 4.67. The highest BCUT2D eigenvalue weighted by Crippen LogP contribution is 2.32. The summed E-state index contributed by atoms with van der Waals surface area (Å²) in [6.45, 7) is 6.42. The second-order valence-corrected chi connectivity index (χ2v) is 6.54. The van der Waals surface area contributed by atoms with Crippen molar-refractivity contribution in [2.24, 2.45) is 11.8 Å². The van der Waals surface area contributed by atoms with Gasteiger partial charge in [-0.3, -0.25) is 4.90 Å². The number of aliphatic hydroxyl groups excluding tert-OH is 1. The molecule has 1 heterocycles. The Morgan fingerprint density at radius 2 is 2.00 bits per heavy atom. The van der Waals surface area contributed by atoms with Crippen molar-refractivity contribution in [2.45, 2.75) is 64.2 Å². The van der Waals surface area contributed by atoms with Crippen molar-refractivity contribution in [3.8, 4) is 0 Å². The molecular weight excluding hydrogens is 226 g/mol. The fourth-order valence-corrected chi connectivity index (χ4v) is 3.92. The third kappa shape index (κ3) is 3.46. The standard InChI is InChI=1S/C15H29NO2/c1-11-8-12(2)15(14(17)9-11)16(3)10-13-6-4-5-7-18-13/h11-15,17H,4-10H2,1-3H3. The Bertz CT molecular complexity index is 241. The summed E-state index contributed by atoms with van der Waals surface area (Å²) >= 11 is 0. The predicted octanol–water partition coefficient (Wildman–Crippen LogP) is 2.28. The number of rotatable bonds is 3. The molecule has 1 N–H and O–H groups in total. The van der Waals surface area contributed by atoms with Crippen molar-refractivity contribution in [3.05, 3.63) is 0 Å². The topological polar surface area (TPSA) is 32.7 Å². The molecule has 0 aromatic carbocycles. The third-order valence-corrected chi connectivity index (χ3v) is 4.67.